The molecule has 1 aliphatic carbocycles. The second kappa shape index (κ2) is 6.48. The van der Waals surface area contributed by atoms with Gasteiger partial charge < -0.3 is 15.1 Å². The fourth-order valence-corrected chi connectivity index (χ4v) is 4.45. The summed E-state index contributed by atoms with van der Waals surface area (Å²) in [5, 5.41) is 16.4. The number of nitrogens with zero attached hydrogens (tertiary/aromatic N) is 7. The van der Waals surface area contributed by atoms with Gasteiger partial charge in [-0.2, -0.15) is 15.3 Å². The Balaban J connectivity index is 1.29. The van der Waals surface area contributed by atoms with Crippen LogP contribution in [-0.2, 0) is 11.8 Å². The maximum absolute atomic E-state index is 12.8. The van der Waals surface area contributed by atoms with E-state index in [9.17, 15) is 4.79 Å². The zero-order valence-electron chi connectivity index (χ0n) is 15.7. The molecule has 2 aromatic rings. The molecule has 4 atom stereocenters. The Hall–Kier alpha value is -3.15. The summed E-state index contributed by atoms with van der Waals surface area (Å²) in [7, 11) is 1.86. The Kier molecular flexibility index (Phi) is 3.93. The van der Waals surface area contributed by atoms with Crippen molar-refractivity contribution in [1.29, 1.82) is 5.26 Å². The molecule has 9 heteroatoms. The van der Waals surface area contributed by atoms with Gasteiger partial charge >= 0.3 is 0 Å². The van der Waals surface area contributed by atoms with Crippen LogP contribution in [0.4, 0.5) is 17.5 Å². The lowest BCUT2D eigenvalue weighted by Gasteiger charge is -2.41. The standard InChI is InChI=1S/C19H22N8O/c1-25-9-13(8-22-25)23-19-21-5-4-17(24-19)26-10-14-2-3-15(11-26)27(14)18(28)16-6-12(16)7-20/h4-5,8-9,12,14-16H,2-3,6,10-11H2,1H3,(H,21,23,24)/t12-,14-,15+,16?/m1/s1. The van der Waals surface area contributed by atoms with E-state index in [0.717, 1.165) is 43.9 Å². The van der Waals surface area contributed by atoms with Crippen molar-refractivity contribution >= 4 is 23.4 Å². The van der Waals surface area contributed by atoms with Crippen molar-refractivity contribution < 1.29 is 4.79 Å². The molecule has 28 heavy (non-hydrogen) atoms. The molecule has 144 valence electrons. The van der Waals surface area contributed by atoms with E-state index in [1.165, 1.54) is 0 Å². The molecule has 2 aliphatic heterocycles. The second-order valence-corrected chi connectivity index (χ2v) is 7.88. The molecule has 0 aromatic carbocycles. The average Bonchev–Trinajstić information content (AvgIpc) is 3.32. The number of carbonyl (C=O) groups is 1. The topological polar surface area (TPSA) is 103 Å². The molecule has 4 heterocycles. The second-order valence-electron chi connectivity index (χ2n) is 7.88. The molecule has 0 spiro atoms. The molecule has 2 aromatic heterocycles. The molecular formula is C19H22N8O. The highest BCUT2D eigenvalue weighted by Crippen LogP contribution is 2.43. The number of carbonyl (C=O) groups excluding carboxylic acids is 1. The summed E-state index contributed by atoms with van der Waals surface area (Å²) in [4.78, 5) is 26.1. The summed E-state index contributed by atoms with van der Waals surface area (Å²) in [6.07, 6.45) is 8.11. The highest BCUT2D eigenvalue weighted by Gasteiger charge is 2.51. The van der Waals surface area contributed by atoms with E-state index in [1.54, 1.807) is 17.1 Å². The summed E-state index contributed by atoms with van der Waals surface area (Å²) in [6, 6.07) is 4.56. The van der Waals surface area contributed by atoms with Gasteiger partial charge in [-0.1, -0.05) is 0 Å². The maximum atomic E-state index is 12.8. The van der Waals surface area contributed by atoms with Gasteiger partial charge in [0.15, 0.2) is 0 Å². The van der Waals surface area contributed by atoms with Crippen LogP contribution in [0.25, 0.3) is 0 Å². The number of rotatable bonds is 4. The lowest BCUT2D eigenvalue weighted by molar-refractivity contribution is -0.136. The largest absolute Gasteiger partial charge is 0.352 e. The summed E-state index contributed by atoms with van der Waals surface area (Å²) in [6.45, 7) is 1.55. The van der Waals surface area contributed by atoms with Gasteiger partial charge in [-0.05, 0) is 25.3 Å². The van der Waals surface area contributed by atoms with Crippen molar-refractivity contribution in [3.05, 3.63) is 24.7 Å². The van der Waals surface area contributed by atoms with Gasteiger partial charge in [-0.15, -0.1) is 0 Å². The molecule has 1 N–H and O–H groups in total. The van der Waals surface area contributed by atoms with Crippen LogP contribution in [0, 0.1) is 23.2 Å². The first kappa shape index (κ1) is 17.0. The highest BCUT2D eigenvalue weighted by molar-refractivity contribution is 5.83. The number of aryl methyl sites for hydroxylation is 1. The molecule has 2 bridgehead atoms. The minimum atomic E-state index is -0.0760. The quantitative estimate of drug-likeness (QED) is 0.855. The van der Waals surface area contributed by atoms with Crippen LogP contribution in [0.3, 0.4) is 0 Å². The maximum Gasteiger partial charge on any atom is 0.229 e. The first-order valence-corrected chi connectivity index (χ1v) is 9.68. The molecule has 9 nitrogen and oxygen atoms in total. The number of hydrogen-bond acceptors (Lipinski definition) is 7. The summed E-state index contributed by atoms with van der Waals surface area (Å²) >= 11 is 0. The van der Waals surface area contributed by atoms with Gasteiger partial charge in [0.1, 0.15) is 5.82 Å². The Morgan fingerprint density at radius 2 is 2.11 bits per heavy atom. The van der Waals surface area contributed by atoms with Crippen molar-refractivity contribution in [1.82, 2.24) is 24.6 Å². The highest BCUT2D eigenvalue weighted by atomic mass is 16.2. The number of hydrogen-bond donors (Lipinski definition) is 1. The summed E-state index contributed by atoms with van der Waals surface area (Å²) in [5.74, 6) is 1.43. The first-order chi connectivity index (χ1) is 13.6. The Morgan fingerprint density at radius 1 is 1.32 bits per heavy atom. The summed E-state index contributed by atoms with van der Waals surface area (Å²) in [5.41, 5.74) is 0.839. The Labute approximate surface area is 163 Å². The fourth-order valence-electron chi connectivity index (χ4n) is 4.45. The van der Waals surface area contributed by atoms with Gasteiger partial charge in [0, 0.05) is 44.6 Å². The van der Waals surface area contributed by atoms with Gasteiger partial charge in [-0.25, -0.2) is 4.98 Å². The zero-order chi connectivity index (χ0) is 19.3. The van der Waals surface area contributed by atoms with E-state index in [4.69, 9.17) is 5.26 Å². The van der Waals surface area contributed by atoms with E-state index in [1.807, 2.05) is 19.3 Å². The monoisotopic (exact) mass is 378 g/mol. The van der Waals surface area contributed by atoms with E-state index >= 15 is 0 Å². The molecule has 3 aliphatic rings. The SMILES string of the molecule is Cn1cc(Nc2nccc(N3C[C@H]4CC[C@@H](C3)N4C(=O)C3C[C@@H]3C#N)n2)cn1. The lowest BCUT2D eigenvalue weighted by Crippen LogP contribution is -2.56. The van der Waals surface area contributed by atoms with Crippen LogP contribution >= 0.6 is 0 Å². The smallest absolute Gasteiger partial charge is 0.229 e. The molecule has 1 unspecified atom stereocenters. The molecule has 2 saturated heterocycles. The number of aromatic nitrogens is 4. The number of piperazine rings is 1. The van der Waals surface area contributed by atoms with Crippen molar-refractivity contribution in [2.75, 3.05) is 23.3 Å². The van der Waals surface area contributed by atoms with E-state index < -0.39 is 0 Å². The number of anilines is 3. The molecule has 1 saturated carbocycles. The third-order valence-corrected chi connectivity index (χ3v) is 5.94. The van der Waals surface area contributed by atoms with Crippen LogP contribution in [0.15, 0.2) is 24.7 Å². The van der Waals surface area contributed by atoms with Crippen LogP contribution in [0.5, 0.6) is 0 Å². The van der Waals surface area contributed by atoms with Crippen molar-refractivity contribution in [2.45, 2.75) is 31.3 Å². The number of amides is 1. The van der Waals surface area contributed by atoms with E-state index in [-0.39, 0.29) is 29.8 Å². The van der Waals surface area contributed by atoms with Crippen molar-refractivity contribution in [3.63, 3.8) is 0 Å². The molecule has 3 fully saturated rings. The van der Waals surface area contributed by atoms with Crippen LogP contribution in [-0.4, -0.2) is 55.7 Å². The lowest BCUT2D eigenvalue weighted by atomic mass is 10.1. The van der Waals surface area contributed by atoms with E-state index in [2.05, 4.69) is 36.3 Å². The Morgan fingerprint density at radius 3 is 2.75 bits per heavy atom. The minimum Gasteiger partial charge on any atom is -0.352 e. The average molecular weight is 378 g/mol. The molecule has 5 rings (SSSR count). The number of nitriles is 1. The van der Waals surface area contributed by atoms with Gasteiger partial charge in [-0.3, -0.25) is 9.48 Å². The van der Waals surface area contributed by atoms with Crippen molar-refractivity contribution in [3.8, 4) is 6.07 Å². The Bertz CT molecular complexity index is 935. The van der Waals surface area contributed by atoms with Crippen LogP contribution < -0.4 is 10.2 Å². The zero-order valence-corrected chi connectivity index (χ0v) is 15.7. The van der Waals surface area contributed by atoms with Gasteiger partial charge in [0.05, 0.1) is 29.8 Å². The normalized spacial score (nSPS) is 28.1. The fraction of sp³-hybridized carbons (Fsp3) is 0.526. The van der Waals surface area contributed by atoms with Crippen molar-refractivity contribution in [2.24, 2.45) is 18.9 Å². The number of nitrogens with one attached hydrogen (secondary N) is 1. The third kappa shape index (κ3) is 2.95. The van der Waals surface area contributed by atoms with Crippen LogP contribution in [0.1, 0.15) is 19.3 Å². The van der Waals surface area contributed by atoms with Gasteiger partial charge in [0.25, 0.3) is 0 Å². The van der Waals surface area contributed by atoms with E-state index in [0.29, 0.717) is 5.95 Å². The molecule has 0 radical (unpaired) electrons. The predicted octanol–water partition coefficient (Wildman–Crippen LogP) is 1.29. The number of fused-ring (bicyclic) bond motifs is 2. The molecule has 1 amide bonds. The third-order valence-electron chi connectivity index (χ3n) is 5.94. The van der Waals surface area contributed by atoms with Gasteiger partial charge in [0.2, 0.25) is 11.9 Å². The predicted molar refractivity (Wildman–Crippen MR) is 102 cm³/mol. The molecular weight excluding hydrogens is 356 g/mol. The minimum absolute atomic E-state index is 0.0750. The first-order valence-electron chi connectivity index (χ1n) is 9.68. The van der Waals surface area contributed by atoms with Crippen LogP contribution in [0.2, 0.25) is 0 Å². The summed E-state index contributed by atoms with van der Waals surface area (Å²) < 4.78 is 1.72.